The van der Waals surface area contributed by atoms with Gasteiger partial charge in [-0.05, 0) is 79.4 Å². The van der Waals surface area contributed by atoms with E-state index in [1.54, 1.807) is 0 Å². The summed E-state index contributed by atoms with van der Waals surface area (Å²) >= 11 is 0. The van der Waals surface area contributed by atoms with Crippen LogP contribution >= 0.6 is 0 Å². The molecule has 2 heterocycles. The highest BCUT2D eigenvalue weighted by Crippen LogP contribution is 2.40. The number of halogens is 3. The molecule has 6 rings (SSSR count). The smallest absolute Gasteiger partial charge is 0.406 e. The molecule has 2 N–H and O–H groups in total. The van der Waals surface area contributed by atoms with Crippen molar-refractivity contribution >= 4 is 27.1 Å². The second-order valence-electron chi connectivity index (χ2n) is 11.2. The Labute approximate surface area is 254 Å². The van der Waals surface area contributed by atoms with E-state index in [4.69, 9.17) is 0 Å². The molecule has 0 spiro atoms. The van der Waals surface area contributed by atoms with Gasteiger partial charge in [0.2, 0.25) is 10.0 Å². The maximum absolute atomic E-state index is 13.5. The molecule has 11 heteroatoms. The summed E-state index contributed by atoms with van der Waals surface area (Å²) in [5.41, 5.74) is 6.11. The number of piperidine rings is 1. The zero-order valence-corrected chi connectivity index (χ0v) is 24.7. The van der Waals surface area contributed by atoms with Crippen LogP contribution in [0.5, 0.6) is 5.75 Å². The van der Waals surface area contributed by atoms with Gasteiger partial charge in [0.25, 0.3) is 0 Å². The van der Waals surface area contributed by atoms with Gasteiger partial charge in [0.05, 0.1) is 23.1 Å². The predicted octanol–water partition coefficient (Wildman–Crippen LogP) is 5.73. The number of aliphatic hydroxyl groups is 1. The summed E-state index contributed by atoms with van der Waals surface area (Å²) in [4.78, 5) is 3.95. The summed E-state index contributed by atoms with van der Waals surface area (Å²) < 4.78 is 71.6. The Bertz CT molecular complexity index is 1680. The number of hydrogen-bond acceptors (Lipinski definition) is 6. The molecule has 2 aliphatic rings. The molecule has 0 bridgehead atoms. The van der Waals surface area contributed by atoms with Gasteiger partial charge in [0, 0.05) is 30.2 Å². The van der Waals surface area contributed by atoms with Gasteiger partial charge in [-0.3, -0.25) is 0 Å². The molecule has 0 radical (unpaired) electrons. The largest absolute Gasteiger partial charge is 0.573 e. The lowest BCUT2D eigenvalue weighted by molar-refractivity contribution is -0.274. The minimum atomic E-state index is -4.90. The van der Waals surface area contributed by atoms with Crippen molar-refractivity contribution in [2.45, 2.75) is 49.2 Å². The van der Waals surface area contributed by atoms with Crippen molar-refractivity contribution in [3.8, 4) is 5.75 Å². The lowest BCUT2D eigenvalue weighted by atomic mass is 9.94. The lowest BCUT2D eigenvalue weighted by Crippen LogP contribution is -2.65. The Morgan fingerprint density at radius 1 is 0.818 bits per heavy atom. The minimum absolute atomic E-state index is 0.173. The number of nitrogens with zero attached hydrogens (tertiary/aromatic N) is 2. The van der Waals surface area contributed by atoms with E-state index in [0.717, 1.165) is 70.9 Å². The van der Waals surface area contributed by atoms with Gasteiger partial charge >= 0.3 is 6.36 Å². The molecule has 44 heavy (non-hydrogen) atoms. The van der Waals surface area contributed by atoms with E-state index < -0.39 is 40.3 Å². The quantitative estimate of drug-likeness (QED) is 0.286. The van der Waals surface area contributed by atoms with E-state index in [1.807, 2.05) is 67.6 Å². The molecule has 4 aromatic carbocycles. The zero-order valence-electron chi connectivity index (χ0n) is 23.9. The Balaban J connectivity index is 1.38. The van der Waals surface area contributed by atoms with Crippen LogP contribution in [0.15, 0.2) is 102 Å². The molecule has 0 saturated carbocycles. The van der Waals surface area contributed by atoms with Crippen LogP contribution in [0.25, 0.3) is 0 Å². The van der Waals surface area contributed by atoms with Crippen molar-refractivity contribution in [1.29, 1.82) is 0 Å². The molecule has 7 nitrogen and oxygen atoms in total. The van der Waals surface area contributed by atoms with Crippen molar-refractivity contribution in [2.75, 3.05) is 22.9 Å². The molecule has 0 aliphatic carbocycles. The Kier molecular flexibility index (Phi) is 8.04. The van der Waals surface area contributed by atoms with Crippen LogP contribution in [0.1, 0.15) is 16.7 Å². The van der Waals surface area contributed by atoms with Crippen molar-refractivity contribution in [2.24, 2.45) is 0 Å². The first-order chi connectivity index (χ1) is 21.0. The molecule has 0 amide bonds. The number of rotatable bonds is 6. The van der Waals surface area contributed by atoms with Crippen molar-refractivity contribution < 1.29 is 31.4 Å². The van der Waals surface area contributed by atoms with Crippen LogP contribution < -0.4 is 19.3 Å². The Morgan fingerprint density at radius 2 is 1.39 bits per heavy atom. The summed E-state index contributed by atoms with van der Waals surface area (Å²) in [5.74, 6) is -0.529. The first-order valence-electron chi connectivity index (χ1n) is 14.3. The fourth-order valence-corrected chi connectivity index (χ4v) is 7.33. The highest BCUT2D eigenvalue weighted by Gasteiger charge is 2.43. The van der Waals surface area contributed by atoms with E-state index in [-0.39, 0.29) is 11.4 Å². The third-order valence-electron chi connectivity index (χ3n) is 8.20. The van der Waals surface area contributed by atoms with E-state index in [0.29, 0.717) is 6.54 Å². The fourth-order valence-electron chi connectivity index (χ4n) is 6.09. The number of aliphatic hydroxyl groups excluding tert-OH is 1. The van der Waals surface area contributed by atoms with Crippen molar-refractivity contribution in [3.05, 3.63) is 114 Å². The molecule has 4 aromatic rings. The summed E-state index contributed by atoms with van der Waals surface area (Å²) in [7, 11) is -4.24. The van der Waals surface area contributed by atoms with E-state index in [9.17, 15) is 26.7 Å². The molecule has 0 aromatic heterocycles. The van der Waals surface area contributed by atoms with Crippen LogP contribution in [0.4, 0.5) is 30.2 Å². The van der Waals surface area contributed by atoms with Gasteiger partial charge in [-0.15, -0.1) is 13.2 Å². The lowest BCUT2D eigenvalue weighted by Gasteiger charge is -2.48. The summed E-state index contributed by atoms with van der Waals surface area (Å²) in [6, 6.07) is 26.5. The van der Waals surface area contributed by atoms with Crippen LogP contribution in [-0.2, 0) is 22.9 Å². The average molecular weight is 624 g/mol. The van der Waals surface area contributed by atoms with E-state index in [2.05, 4.69) is 31.4 Å². The number of benzene rings is 4. The summed E-state index contributed by atoms with van der Waals surface area (Å²) in [6.07, 6.45) is -4.40. The molecule has 230 valence electrons. The predicted molar refractivity (Wildman–Crippen MR) is 163 cm³/mol. The highest BCUT2D eigenvalue weighted by molar-refractivity contribution is 7.89. The van der Waals surface area contributed by atoms with Crippen molar-refractivity contribution in [3.63, 3.8) is 0 Å². The van der Waals surface area contributed by atoms with Gasteiger partial charge in [-0.1, -0.05) is 54.1 Å². The SMILES string of the molecule is Cc1ccc(N2CC(N3c4ccccc4CCc4ccccc43)[C@@H](O)[C@H](NS(=O)(=O)c3ccc(OC(F)(F)F)cc3)C2)cc1. The monoisotopic (exact) mass is 623 g/mol. The molecule has 3 atom stereocenters. The van der Waals surface area contributed by atoms with Crippen LogP contribution in [0.2, 0.25) is 0 Å². The number of aryl methyl sites for hydroxylation is 3. The minimum Gasteiger partial charge on any atom is -0.406 e. The second-order valence-corrected chi connectivity index (χ2v) is 12.9. The fraction of sp³-hybridized carbons (Fsp3) is 0.273. The number of anilines is 3. The highest BCUT2D eigenvalue weighted by atomic mass is 32.2. The number of sulfonamides is 1. The maximum atomic E-state index is 13.5. The Morgan fingerprint density at radius 3 is 1.95 bits per heavy atom. The Hall–Kier alpha value is -4.06. The normalized spacial score (nSPS) is 20.4. The molecule has 2 aliphatic heterocycles. The maximum Gasteiger partial charge on any atom is 0.573 e. The average Bonchev–Trinajstić information content (AvgIpc) is 3.15. The zero-order chi connectivity index (χ0) is 31.1. The number of para-hydroxylation sites is 2. The molecule has 1 saturated heterocycles. The molecular formula is C33H32F3N3O4S. The second kappa shape index (κ2) is 11.8. The van der Waals surface area contributed by atoms with Crippen LogP contribution in [0.3, 0.4) is 0 Å². The van der Waals surface area contributed by atoms with Gasteiger partial charge < -0.3 is 19.6 Å². The van der Waals surface area contributed by atoms with Gasteiger partial charge in [0.1, 0.15) is 5.75 Å². The van der Waals surface area contributed by atoms with Crippen LogP contribution in [0, 0.1) is 6.92 Å². The van der Waals surface area contributed by atoms with Crippen molar-refractivity contribution in [1.82, 2.24) is 4.72 Å². The van der Waals surface area contributed by atoms with Gasteiger partial charge in [0.15, 0.2) is 0 Å². The standard InChI is InChI=1S/C33H32F3N3O4S/c1-22-10-14-25(15-11-22)38-20-28(37-44(41,42)27-18-16-26(17-19-27)43-33(34,35)36)32(40)31(21-38)39-29-8-4-2-6-23(29)12-13-24-7-3-5-9-30(24)39/h2-11,14-19,28,31-32,37,40H,12-13,20-21H2,1H3/t28-,31?,32+/m1/s1. The summed E-state index contributed by atoms with van der Waals surface area (Å²) in [6.45, 7) is 2.57. The molecular weight excluding hydrogens is 591 g/mol. The first kappa shape index (κ1) is 30.0. The number of nitrogens with one attached hydrogen (secondary N) is 1. The van der Waals surface area contributed by atoms with Crippen LogP contribution in [-0.4, -0.2) is 51.2 Å². The third kappa shape index (κ3) is 6.26. The molecule has 1 fully saturated rings. The first-order valence-corrected chi connectivity index (χ1v) is 15.8. The number of alkyl halides is 3. The third-order valence-corrected chi connectivity index (χ3v) is 9.71. The van der Waals surface area contributed by atoms with E-state index >= 15 is 0 Å². The topological polar surface area (TPSA) is 82.1 Å². The number of ether oxygens (including phenoxy) is 1. The van der Waals surface area contributed by atoms with E-state index in [1.165, 1.54) is 0 Å². The number of fused-ring (bicyclic) bond motifs is 2. The number of hydrogen-bond donors (Lipinski definition) is 2. The van der Waals surface area contributed by atoms with Gasteiger partial charge in [-0.2, -0.15) is 0 Å². The summed E-state index contributed by atoms with van der Waals surface area (Å²) in [5, 5.41) is 12.0. The molecule has 1 unspecified atom stereocenters. The van der Waals surface area contributed by atoms with Gasteiger partial charge in [-0.25, -0.2) is 13.1 Å².